The van der Waals surface area contributed by atoms with Gasteiger partial charge in [0, 0.05) is 38.1 Å². The number of rotatable bonds is 7. The van der Waals surface area contributed by atoms with Crippen molar-refractivity contribution in [1.82, 2.24) is 19.2 Å². The molecule has 1 saturated heterocycles. The molecule has 4 rings (SSSR count). The minimum Gasteiger partial charge on any atom is -0.451 e. The van der Waals surface area contributed by atoms with Crippen LogP contribution in [-0.2, 0) is 14.3 Å². The van der Waals surface area contributed by atoms with Crippen LogP contribution in [0.4, 0.5) is 5.69 Å². The van der Waals surface area contributed by atoms with Gasteiger partial charge in [-0.25, -0.2) is 9.78 Å². The van der Waals surface area contributed by atoms with Crippen LogP contribution in [-0.4, -0.2) is 82.6 Å². The van der Waals surface area contributed by atoms with E-state index < -0.39 is 5.97 Å². The molecule has 3 heterocycles. The average molecular weight is 496 g/mol. The van der Waals surface area contributed by atoms with E-state index >= 15 is 0 Å². The molecular weight excluding hydrogens is 466 g/mol. The fourth-order valence-electron chi connectivity index (χ4n) is 4.14. The smallest absolute Gasteiger partial charge is 0.359 e. The molecule has 1 aliphatic heterocycles. The zero-order valence-corrected chi connectivity index (χ0v) is 20.9. The van der Waals surface area contributed by atoms with E-state index in [1.807, 2.05) is 65.9 Å². The maximum atomic E-state index is 12.6. The third-order valence-electron chi connectivity index (χ3n) is 6.06. The molecule has 0 saturated carbocycles. The number of nitrogens with zero attached hydrogens (tertiary/aromatic N) is 4. The molecule has 0 atom stereocenters. The summed E-state index contributed by atoms with van der Waals surface area (Å²) in [5.41, 5.74) is 3.74. The Kier molecular flexibility index (Phi) is 7.72. The maximum Gasteiger partial charge on any atom is 0.359 e. The van der Waals surface area contributed by atoms with Crippen LogP contribution >= 0.6 is 11.8 Å². The third kappa shape index (κ3) is 5.66. The summed E-state index contributed by atoms with van der Waals surface area (Å²) >= 11 is 1.43. The number of benzene rings is 1. The summed E-state index contributed by atoms with van der Waals surface area (Å²) in [7, 11) is 0. The molecule has 1 fully saturated rings. The number of aryl methyl sites for hydroxylation is 2. The van der Waals surface area contributed by atoms with E-state index in [0.29, 0.717) is 36.9 Å². The lowest BCUT2D eigenvalue weighted by molar-refractivity contribution is -0.136. The zero-order valence-electron chi connectivity index (χ0n) is 20.1. The van der Waals surface area contributed by atoms with Crippen molar-refractivity contribution in [2.24, 2.45) is 0 Å². The van der Waals surface area contributed by atoms with Gasteiger partial charge in [0.05, 0.1) is 12.1 Å². The van der Waals surface area contributed by atoms with Crippen molar-refractivity contribution in [2.45, 2.75) is 19.0 Å². The molecule has 184 valence electrons. The summed E-state index contributed by atoms with van der Waals surface area (Å²) in [6, 6.07) is 11.4. The van der Waals surface area contributed by atoms with Crippen LogP contribution in [0.3, 0.4) is 0 Å². The van der Waals surface area contributed by atoms with Crippen molar-refractivity contribution >= 4 is 40.7 Å². The van der Waals surface area contributed by atoms with E-state index in [-0.39, 0.29) is 30.7 Å². The van der Waals surface area contributed by atoms with Crippen LogP contribution in [0.25, 0.3) is 5.52 Å². The number of thioether (sulfide) groups is 1. The van der Waals surface area contributed by atoms with Crippen LogP contribution in [0.15, 0.2) is 47.8 Å². The lowest BCUT2D eigenvalue weighted by atomic mass is 10.1. The Labute approximate surface area is 208 Å². The van der Waals surface area contributed by atoms with Crippen molar-refractivity contribution in [1.29, 1.82) is 0 Å². The third-order valence-corrected chi connectivity index (χ3v) is 6.71. The predicted octanol–water partition coefficient (Wildman–Crippen LogP) is 2.61. The summed E-state index contributed by atoms with van der Waals surface area (Å²) in [5, 5.41) is 3.68. The monoisotopic (exact) mass is 495 g/mol. The second kappa shape index (κ2) is 10.9. The number of imidazole rings is 1. The van der Waals surface area contributed by atoms with Gasteiger partial charge in [0.15, 0.2) is 17.5 Å². The van der Waals surface area contributed by atoms with E-state index in [0.717, 1.165) is 16.8 Å². The van der Waals surface area contributed by atoms with E-state index in [4.69, 9.17) is 4.74 Å². The number of ether oxygens (including phenoxy) is 1. The van der Waals surface area contributed by atoms with E-state index in [9.17, 15) is 14.4 Å². The molecule has 0 unspecified atom stereocenters. The molecule has 2 amide bonds. The van der Waals surface area contributed by atoms with Crippen molar-refractivity contribution in [2.75, 3.05) is 50.9 Å². The molecule has 9 nitrogen and oxygen atoms in total. The van der Waals surface area contributed by atoms with Crippen LogP contribution in [0.1, 0.15) is 21.6 Å². The highest BCUT2D eigenvalue weighted by Gasteiger charge is 2.25. The van der Waals surface area contributed by atoms with Crippen LogP contribution in [0.5, 0.6) is 0 Å². The fraction of sp³-hybridized carbons (Fsp3) is 0.360. The molecule has 1 aliphatic rings. The Morgan fingerprint density at radius 1 is 1.03 bits per heavy atom. The van der Waals surface area contributed by atoms with Gasteiger partial charge in [0.25, 0.3) is 5.91 Å². The lowest BCUT2D eigenvalue weighted by Crippen LogP contribution is -2.51. The van der Waals surface area contributed by atoms with Crippen molar-refractivity contribution in [3.05, 3.63) is 59.4 Å². The Bertz CT molecular complexity index is 1230. The van der Waals surface area contributed by atoms with Crippen molar-refractivity contribution < 1.29 is 19.1 Å². The van der Waals surface area contributed by atoms with Gasteiger partial charge in [-0.1, -0.05) is 36.0 Å². The maximum absolute atomic E-state index is 12.6. The number of aromatic nitrogens is 2. The number of hydrogen-bond donors (Lipinski definition) is 1. The number of esters is 1. The van der Waals surface area contributed by atoms with E-state index in [1.165, 1.54) is 11.8 Å². The molecular formula is C25H29N5O4S. The number of fused-ring (bicyclic) bond motifs is 1. The second-order valence-corrected chi connectivity index (χ2v) is 9.22. The number of nitrogens with one attached hydrogen (secondary N) is 1. The summed E-state index contributed by atoms with van der Waals surface area (Å²) in [6.07, 6.45) is 3.71. The topological polar surface area (TPSA) is 96.2 Å². The summed E-state index contributed by atoms with van der Waals surface area (Å²) < 4.78 is 7.11. The first-order valence-electron chi connectivity index (χ1n) is 11.4. The molecule has 1 aromatic carbocycles. The highest BCUT2D eigenvalue weighted by Crippen LogP contribution is 2.21. The molecule has 10 heteroatoms. The van der Waals surface area contributed by atoms with Crippen LogP contribution in [0, 0.1) is 13.8 Å². The van der Waals surface area contributed by atoms with Gasteiger partial charge in [0.1, 0.15) is 0 Å². The van der Waals surface area contributed by atoms with Crippen LogP contribution in [0.2, 0.25) is 0 Å². The molecule has 0 spiro atoms. The lowest BCUT2D eigenvalue weighted by Gasteiger charge is -2.34. The van der Waals surface area contributed by atoms with E-state index in [1.54, 1.807) is 11.0 Å². The molecule has 0 radical (unpaired) electrons. The molecule has 35 heavy (non-hydrogen) atoms. The molecule has 0 aliphatic carbocycles. The number of hydrogen-bond acceptors (Lipinski definition) is 7. The van der Waals surface area contributed by atoms with Gasteiger partial charge in [-0.3, -0.25) is 18.9 Å². The number of carbonyl (C=O) groups excluding carboxylic acids is 3. The van der Waals surface area contributed by atoms with Gasteiger partial charge in [-0.05, 0) is 43.4 Å². The van der Waals surface area contributed by atoms with Crippen molar-refractivity contribution in [3.8, 4) is 0 Å². The summed E-state index contributed by atoms with van der Waals surface area (Å²) in [5.74, 6) is -0.955. The zero-order chi connectivity index (χ0) is 24.9. The van der Waals surface area contributed by atoms with Gasteiger partial charge in [-0.15, -0.1) is 0 Å². The van der Waals surface area contributed by atoms with Gasteiger partial charge in [-0.2, -0.15) is 0 Å². The Hall–Kier alpha value is -3.37. The summed E-state index contributed by atoms with van der Waals surface area (Å²) in [6.45, 7) is 5.94. The average Bonchev–Trinajstić information content (AvgIpc) is 3.24. The number of piperazine rings is 1. The summed E-state index contributed by atoms with van der Waals surface area (Å²) in [4.78, 5) is 45.8. The number of pyridine rings is 1. The van der Waals surface area contributed by atoms with Crippen molar-refractivity contribution in [3.63, 3.8) is 0 Å². The standard InChI is InChI=1S/C25H29N5O4S/c1-17-7-6-8-18(2)22(17)26-20(31)15-28-11-13-29(14-12-28)21(32)16-34-24(33)23-19-9-4-5-10-30(19)25(27-23)35-3/h4-10H,11-16H2,1-3H3,(H,26,31). The largest absolute Gasteiger partial charge is 0.451 e. The fourth-order valence-corrected chi connectivity index (χ4v) is 4.68. The number of amides is 2. The Morgan fingerprint density at radius 2 is 1.74 bits per heavy atom. The Balaban J connectivity index is 1.25. The first-order chi connectivity index (χ1) is 16.9. The minimum atomic E-state index is -0.621. The highest BCUT2D eigenvalue weighted by atomic mass is 32.2. The number of anilines is 1. The number of carbonyl (C=O) groups is 3. The van der Waals surface area contributed by atoms with Gasteiger partial charge in [0.2, 0.25) is 5.91 Å². The SMILES string of the molecule is CSc1nc(C(=O)OCC(=O)N2CCN(CC(=O)Nc3c(C)cccc3C)CC2)c2ccccn12. The highest BCUT2D eigenvalue weighted by molar-refractivity contribution is 7.98. The first-order valence-corrected chi connectivity index (χ1v) is 12.6. The first kappa shape index (κ1) is 24.7. The Morgan fingerprint density at radius 3 is 2.43 bits per heavy atom. The predicted molar refractivity (Wildman–Crippen MR) is 135 cm³/mol. The number of para-hydroxylation sites is 1. The molecule has 2 aromatic heterocycles. The van der Waals surface area contributed by atoms with Gasteiger partial charge < -0.3 is 15.0 Å². The molecule has 1 N–H and O–H groups in total. The van der Waals surface area contributed by atoms with E-state index in [2.05, 4.69) is 10.3 Å². The molecule has 3 aromatic rings. The van der Waals surface area contributed by atoms with Crippen LogP contribution < -0.4 is 5.32 Å². The van der Waals surface area contributed by atoms with Gasteiger partial charge >= 0.3 is 5.97 Å². The normalized spacial score (nSPS) is 14.2. The second-order valence-electron chi connectivity index (χ2n) is 8.45. The quantitative estimate of drug-likeness (QED) is 0.398. The minimum absolute atomic E-state index is 0.0759. The molecule has 0 bridgehead atoms.